The van der Waals surface area contributed by atoms with Crippen molar-refractivity contribution < 1.29 is 8.42 Å². The Kier molecular flexibility index (Phi) is 7.15. The van der Waals surface area contributed by atoms with Crippen LogP contribution in [0.5, 0.6) is 0 Å². The van der Waals surface area contributed by atoms with Gasteiger partial charge < -0.3 is 5.32 Å². The summed E-state index contributed by atoms with van der Waals surface area (Å²) in [4.78, 5) is 4.56. The Balaban J connectivity index is 1.44. The molecule has 2 heterocycles. The molecule has 1 saturated heterocycles. The number of hydrogen-bond donors (Lipinski definition) is 1. The zero-order valence-corrected chi connectivity index (χ0v) is 17.4. The zero-order chi connectivity index (χ0) is 19.1. The third-order valence-corrected chi connectivity index (χ3v) is 7.54. The minimum absolute atomic E-state index is 0.281. The Morgan fingerprint density at radius 1 is 1.07 bits per heavy atom. The van der Waals surface area contributed by atoms with Crippen LogP contribution in [0, 0.1) is 6.92 Å². The van der Waals surface area contributed by atoms with Crippen molar-refractivity contribution in [1.29, 1.82) is 0 Å². The van der Waals surface area contributed by atoms with Crippen molar-refractivity contribution in [3.8, 4) is 0 Å². The normalized spacial score (nSPS) is 15.6. The first kappa shape index (κ1) is 20.2. The van der Waals surface area contributed by atoms with Gasteiger partial charge >= 0.3 is 0 Å². The monoisotopic (exact) mass is 405 g/mol. The fraction of sp³-hybridized carbons (Fsp3) is 0.450. The van der Waals surface area contributed by atoms with Gasteiger partial charge in [0.05, 0.1) is 0 Å². The molecular formula is C20H27N3O2S2. The van der Waals surface area contributed by atoms with Gasteiger partial charge in [-0.2, -0.15) is 16.1 Å². The molecule has 1 aliphatic heterocycles. The maximum absolute atomic E-state index is 12.6. The van der Waals surface area contributed by atoms with E-state index in [0.29, 0.717) is 18.9 Å². The lowest BCUT2D eigenvalue weighted by Gasteiger charge is -2.25. The molecule has 1 aliphatic rings. The molecule has 7 heteroatoms. The number of rotatable bonds is 8. The molecule has 0 unspecified atom stereocenters. The molecule has 0 bridgehead atoms. The summed E-state index contributed by atoms with van der Waals surface area (Å²) in [6.45, 7) is 4.11. The average Bonchev–Trinajstić information content (AvgIpc) is 2.70. The van der Waals surface area contributed by atoms with Crippen molar-refractivity contribution in [1.82, 2.24) is 9.29 Å². The van der Waals surface area contributed by atoms with Gasteiger partial charge in [0.2, 0.25) is 10.0 Å². The van der Waals surface area contributed by atoms with Crippen molar-refractivity contribution in [3.63, 3.8) is 0 Å². The van der Waals surface area contributed by atoms with Gasteiger partial charge in [-0.1, -0.05) is 36.2 Å². The lowest BCUT2D eigenvalue weighted by molar-refractivity contribution is 0.346. The van der Waals surface area contributed by atoms with Gasteiger partial charge in [-0.3, -0.25) is 0 Å². The number of nitrogens with one attached hydrogen (secondary N) is 1. The lowest BCUT2D eigenvalue weighted by atomic mass is 10.2. The van der Waals surface area contributed by atoms with E-state index in [-0.39, 0.29) is 4.90 Å². The van der Waals surface area contributed by atoms with Gasteiger partial charge in [0.15, 0.2) is 0 Å². The predicted molar refractivity (Wildman–Crippen MR) is 113 cm³/mol. The van der Waals surface area contributed by atoms with E-state index in [1.165, 1.54) is 17.3 Å². The van der Waals surface area contributed by atoms with E-state index < -0.39 is 10.0 Å². The van der Waals surface area contributed by atoms with Gasteiger partial charge in [0, 0.05) is 37.3 Å². The predicted octanol–water partition coefficient (Wildman–Crippen LogP) is 3.91. The molecule has 27 heavy (non-hydrogen) atoms. The molecular weight excluding hydrogens is 378 g/mol. The molecule has 146 valence electrons. The Labute approximate surface area is 166 Å². The number of hydrogen-bond acceptors (Lipinski definition) is 5. The second-order valence-corrected chi connectivity index (χ2v) is 9.85. The molecule has 1 aromatic heterocycles. The maximum Gasteiger partial charge on any atom is 0.244 e. The highest BCUT2D eigenvalue weighted by Crippen LogP contribution is 2.20. The van der Waals surface area contributed by atoms with Crippen LogP contribution in [0.25, 0.3) is 0 Å². The van der Waals surface area contributed by atoms with Crippen molar-refractivity contribution in [3.05, 3.63) is 53.7 Å². The van der Waals surface area contributed by atoms with E-state index in [4.69, 9.17) is 0 Å². The van der Waals surface area contributed by atoms with Gasteiger partial charge in [0.1, 0.15) is 10.7 Å². The fourth-order valence-corrected chi connectivity index (χ4v) is 5.30. The molecule has 0 spiro atoms. The van der Waals surface area contributed by atoms with E-state index in [0.717, 1.165) is 37.3 Å². The van der Waals surface area contributed by atoms with Crippen molar-refractivity contribution in [2.24, 2.45) is 0 Å². The van der Waals surface area contributed by atoms with Crippen molar-refractivity contribution in [2.75, 3.05) is 30.7 Å². The second-order valence-electron chi connectivity index (χ2n) is 6.81. The number of aromatic nitrogens is 1. The molecule has 1 aromatic carbocycles. The van der Waals surface area contributed by atoms with Crippen LogP contribution < -0.4 is 5.32 Å². The summed E-state index contributed by atoms with van der Waals surface area (Å²) in [5, 5.41) is 3.26. The van der Waals surface area contributed by atoms with Crippen LogP contribution in [0.15, 0.2) is 47.5 Å². The Hall–Kier alpha value is -1.57. The molecule has 0 aliphatic carbocycles. The number of piperidine rings is 1. The molecule has 5 nitrogen and oxygen atoms in total. The van der Waals surface area contributed by atoms with Crippen LogP contribution in [-0.2, 0) is 15.8 Å². The Bertz CT molecular complexity index is 815. The van der Waals surface area contributed by atoms with Crippen molar-refractivity contribution in [2.45, 2.75) is 36.8 Å². The third-order valence-electron chi connectivity index (χ3n) is 4.63. The first-order valence-electron chi connectivity index (χ1n) is 9.39. The Morgan fingerprint density at radius 3 is 2.48 bits per heavy atom. The van der Waals surface area contributed by atoms with Gasteiger partial charge in [0.25, 0.3) is 0 Å². The first-order chi connectivity index (χ1) is 13.1. The summed E-state index contributed by atoms with van der Waals surface area (Å²) in [5.41, 5.74) is 2.61. The van der Waals surface area contributed by atoms with E-state index >= 15 is 0 Å². The molecule has 0 atom stereocenters. The Morgan fingerprint density at radius 2 is 1.81 bits per heavy atom. The summed E-state index contributed by atoms with van der Waals surface area (Å²) in [6, 6.07) is 12.0. The first-order valence-corrected chi connectivity index (χ1v) is 12.0. The average molecular weight is 406 g/mol. The molecule has 3 rings (SSSR count). The molecule has 0 amide bonds. The van der Waals surface area contributed by atoms with E-state index in [1.807, 2.05) is 11.8 Å². The summed E-state index contributed by atoms with van der Waals surface area (Å²) in [5.74, 6) is 2.66. The quantitative estimate of drug-likeness (QED) is 0.675. The van der Waals surface area contributed by atoms with Crippen LogP contribution in [-0.4, -0.2) is 43.1 Å². The van der Waals surface area contributed by atoms with E-state index in [9.17, 15) is 8.42 Å². The zero-order valence-electron chi connectivity index (χ0n) is 15.7. The van der Waals surface area contributed by atoms with Gasteiger partial charge in [-0.15, -0.1) is 0 Å². The number of sulfonamides is 1. The minimum atomic E-state index is -3.40. The number of nitrogens with zero attached hydrogens (tertiary/aromatic N) is 2. The largest absolute Gasteiger partial charge is 0.369 e. The number of aryl methyl sites for hydroxylation is 1. The third kappa shape index (κ3) is 5.70. The van der Waals surface area contributed by atoms with Crippen LogP contribution in [0.2, 0.25) is 0 Å². The highest BCUT2D eigenvalue weighted by atomic mass is 32.2. The smallest absolute Gasteiger partial charge is 0.244 e. The summed E-state index contributed by atoms with van der Waals surface area (Å²) in [6.07, 6.45) is 4.44. The molecule has 0 saturated carbocycles. The highest BCUT2D eigenvalue weighted by Gasteiger charge is 2.25. The van der Waals surface area contributed by atoms with Gasteiger partial charge in [-0.05, 0) is 37.5 Å². The maximum atomic E-state index is 12.6. The molecule has 1 N–H and O–H groups in total. The minimum Gasteiger partial charge on any atom is -0.369 e. The van der Waals surface area contributed by atoms with Crippen LogP contribution in [0.1, 0.15) is 30.4 Å². The second kappa shape index (κ2) is 9.57. The van der Waals surface area contributed by atoms with Crippen LogP contribution in [0.3, 0.4) is 0 Å². The molecule has 1 fully saturated rings. The topological polar surface area (TPSA) is 62.3 Å². The number of thioether (sulfide) groups is 1. The lowest BCUT2D eigenvalue weighted by Crippen LogP contribution is -2.35. The van der Waals surface area contributed by atoms with Crippen molar-refractivity contribution >= 4 is 27.6 Å². The summed E-state index contributed by atoms with van der Waals surface area (Å²) >= 11 is 1.86. The molecule has 2 aromatic rings. The SMILES string of the molecule is Cc1ccc(CSCCNc2ccc(S(=O)(=O)N3CCCCC3)cn2)cc1. The standard InChI is InChI=1S/C20H27N3O2S2/c1-17-5-7-18(8-6-17)16-26-14-11-21-20-10-9-19(15-22-20)27(24,25)23-12-3-2-4-13-23/h5-10,15H,2-4,11-14,16H2,1H3,(H,21,22). The fourth-order valence-electron chi connectivity index (χ4n) is 3.02. The highest BCUT2D eigenvalue weighted by molar-refractivity contribution is 7.98. The van der Waals surface area contributed by atoms with E-state index in [1.54, 1.807) is 16.4 Å². The van der Waals surface area contributed by atoms with Gasteiger partial charge in [-0.25, -0.2) is 13.4 Å². The summed E-state index contributed by atoms with van der Waals surface area (Å²) < 4.78 is 26.8. The van der Waals surface area contributed by atoms with Crippen LogP contribution in [0.4, 0.5) is 5.82 Å². The summed E-state index contributed by atoms with van der Waals surface area (Å²) in [7, 11) is -3.40. The number of benzene rings is 1. The number of pyridine rings is 1. The van der Waals surface area contributed by atoms with E-state index in [2.05, 4.69) is 41.5 Å². The van der Waals surface area contributed by atoms with Crippen LogP contribution >= 0.6 is 11.8 Å². The molecule has 0 radical (unpaired) electrons. The number of anilines is 1.